The Morgan fingerprint density at radius 2 is 1.48 bits per heavy atom. The number of aromatic nitrogens is 2. The van der Waals surface area contributed by atoms with E-state index in [1.165, 1.54) is 0 Å². The third-order valence-electron chi connectivity index (χ3n) is 6.32. The third-order valence-corrected chi connectivity index (χ3v) is 6.94. The number of rotatable bonds is 2. The van der Waals surface area contributed by atoms with Crippen molar-refractivity contribution in [2.24, 2.45) is 0 Å². The summed E-state index contributed by atoms with van der Waals surface area (Å²) in [5, 5.41) is 3.38. The molecule has 0 atom stereocenters. The second kappa shape index (κ2) is 7.06. The first-order valence-corrected chi connectivity index (χ1v) is 11.6. The summed E-state index contributed by atoms with van der Waals surface area (Å²) >= 11 is 3.61. The predicted molar refractivity (Wildman–Crippen MR) is 139 cm³/mol. The van der Waals surface area contributed by atoms with Crippen LogP contribution in [0.5, 0.6) is 0 Å². The molecule has 0 fully saturated rings. The quantitative estimate of drug-likeness (QED) is 0.244. The normalized spacial score (nSPS) is 11.8. The van der Waals surface area contributed by atoms with Crippen LogP contribution in [0.2, 0.25) is 0 Å². The van der Waals surface area contributed by atoms with Crippen molar-refractivity contribution in [1.82, 2.24) is 9.55 Å². The molecular weight excluding hydrogens is 472 g/mol. The summed E-state index contributed by atoms with van der Waals surface area (Å²) in [5.41, 5.74) is 8.50. The maximum Gasteiger partial charge on any atom is 0.149 e. The highest BCUT2D eigenvalue weighted by Gasteiger charge is 2.15. The van der Waals surface area contributed by atoms with Crippen molar-refractivity contribution in [3.63, 3.8) is 0 Å². The van der Waals surface area contributed by atoms with Crippen molar-refractivity contribution < 1.29 is 4.42 Å². The van der Waals surface area contributed by atoms with Crippen molar-refractivity contribution in [1.29, 1.82) is 0 Å². The number of halogens is 1. The Hall–Kier alpha value is -3.89. The van der Waals surface area contributed by atoms with Crippen LogP contribution >= 0.6 is 15.9 Å². The molecule has 0 aliphatic carbocycles. The van der Waals surface area contributed by atoms with E-state index < -0.39 is 0 Å². The summed E-state index contributed by atoms with van der Waals surface area (Å²) in [5.74, 6) is 0. The van der Waals surface area contributed by atoms with E-state index in [2.05, 4.69) is 93.3 Å². The highest BCUT2D eigenvalue weighted by molar-refractivity contribution is 9.10. The van der Waals surface area contributed by atoms with Gasteiger partial charge in [-0.05, 0) is 81.7 Å². The van der Waals surface area contributed by atoms with Crippen LogP contribution < -0.4 is 0 Å². The zero-order valence-electron chi connectivity index (χ0n) is 17.5. The van der Waals surface area contributed by atoms with Gasteiger partial charge in [0.1, 0.15) is 11.2 Å². The van der Waals surface area contributed by atoms with Crippen molar-refractivity contribution in [3.8, 4) is 16.8 Å². The molecule has 0 aliphatic rings. The average Bonchev–Trinajstić information content (AvgIpc) is 3.40. The van der Waals surface area contributed by atoms with Crippen LogP contribution in [0.15, 0.2) is 112 Å². The largest absolute Gasteiger partial charge is 0.455 e. The van der Waals surface area contributed by atoms with Crippen molar-refractivity contribution in [2.75, 3.05) is 0 Å². The van der Waals surface area contributed by atoms with Gasteiger partial charge in [-0.25, -0.2) is 0 Å². The van der Waals surface area contributed by atoms with Crippen LogP contribution in [0.4, 0.5) is 0 Å². The second-order valence-corrected chi connectivity index (χ2v) is 9.06. The zero-order chi connectivity index (χ0) is 21.9. The second-order valence-electron chi connectivity index (χ2n) is 8.20. The minimum absolute atomic E-state index is 0.884. The Labute approximate surface area is 198 Å². The SMILES string of the molecule is Brc1cccc2c1oc1ccc(-c3ccc4c(c3)c3ncccc3n4-c3ccccc3)cc12. The summed E-state index contributed by atoms with van der Waals surface area (Å²) in [6.07, 6.45) is 1.87. The molecule has 0 spiro atoms. The molecule has 0 N–H and O–H groups in total. The van der Waals surface area contributed by atoms with Crippen LogP contribution in [0.25, 0.3) is 60.7 Å². The van der Waals surface area contributed by atoms with E-state index in [9.17, 15) is 0 Å². The van der Waals surface area contributed by atoms with Crippen LogP contribution in [-0.2, 0) is 0 Å². The molecule has 0 saturated heterocycles. The Kier molecular flexibility index (Phi) is 3.99. The summed E-state index contributed by atoms with van der Waals surface area (Å²) in [6, 6.07) is 33.8. The monoisotopic (exact) mass is 488 g/mol. The Balaban J connectivity index is 1.48. The van der Waals surface area contributed by atoms with Crippen LogP contribution in [0.3, 0.4) is 0 Å². The van der Waals surface area contributed by atoms with Gasteiger partial charge in [-0.3, -0.25) is 4.98 Å². The Bertz CT molecular complexity index is 1830. The molecule has 0 aliphatic heterocycles. The van der Waals surface area contributed by atoms with Crippen LogP contribution in [-0.4, -0.2) is 9.55 Å². The molecule has 3 aromatic heterocycles. The molecule has 4 heteroatoms. The van der Waals surface area contributed by atoms with E-state index >= 15 is 0 Å². The maximum atomic E-state index is 6.09. The maximum absolute atomic E-state index is 6.09. The first-order valence-electron chi connectivity index (χ1n) is 10.8. The molecule has 4 aromatic carbocycles. The number of nitrogens with zero attached hydrogens (tertiary/aromatic N) is 2. The number of hydrogen-bond acceptors (Lipinski definition) is 2. The molecule has 7 aromatic rings. The van der Waals surface area contributed by atoms with Gasteiger partial charge in [-0.15, -0.1) is 0 Å². The molecular formula is C29H17BrN2O. The van der Waals surface area contributed by atoms with Gasteiger partial charge in [0.2, 0.25) is 0 Å². The van der Waals surface area contributed by atoms with E-state index in [0.717, 1.165) is 65.2 Å². The minimum Gasteiger partial charge on any atom is -0.455 e. The van der Waals surface area contributed by atoms with Gasteiger partial charge in [0, 0.05) is 28.0 Å². The first-order chi connectivity index (χ1) is 16.3. The highest BCUT2D eigenvalue weighted by Crippen LogP contribution is 2.37. The van der Waals surface area contributed by atoms with Crippen LogP contribution in [0, 0.1) is 0 Å². The fourth-order valence-electron chi connectivity index (χ4n) is 4.81. The lowest BCUT2D eigenvalue weighted by molar-refractivity contribution is 0.667. The number of benzene rings is 4. The Morgan fingerprint density at radius 3 is 2.36 bits per heavy atom. The van der Waals surface area contributed by atoms with Gasteiger partial charge in [0.15, 0.2) is 0 Å². The summed E-state index contributed by atoms with van der Waals surface area (Å²) in [6.45, 7) is 0. The molecule has 0 saturated carbocycles. The van der Waals surface area contributed by atoms with E-state index in [1.54, 1.807) is 0 Å². The number of pyridine rings is 1. The van der Waals surface area contributed by atoms with Gasteiger partial charge in [-0.1, -0.05) is 42.5 Å². The van der Waals surface area contributed by atoms with Crippen LogP contribution in [0.1, 0.15) is 0 Å². The Morgan fingerprint density at radius 1 is 0.667 bits per heavy atom. The standard InChI is InChI=1S/C29H17BrN2O/c30-24-9-4-8-21-22-16-19(12-14-27(22)33-29(21)24)18-11-13-25-23(17-18)28-26(10-5-15-31-28)32(25)20-6-2-1-3-7-20/h1-17H. The third kappa shape index (κ3) is 2.77. The van der Waals surface area contributed by atoms with Crippen molar-refractivity contribution in [2.45, 2.75) is 0 Å². The topological polar surface area (TPSA) is 31.0 Å². The highest BCUT2D eigenvalue weighted by atomic mass is 79.9. The van der Waals surface area contributed by atoms with E-state index in [0.29, 0.717) is 0 Å². The number of hydrogen-bond donors (Lipinski definition) is 0. The summed E-state index contributed by atoms with van der Waals surface area (Å²) in [4.78, 5) is 4.74. The molecule has 33 heavy (non-hydrogen) atoms. The van der Waals surface area contributed by atoms with Crippen molar-refractivity contribution >= 4 is 59.8 Å². The van der Waals surface area contributed by atoms with Crippen molar-refractivity contribution in [3.05, 3.63) is 108 Å². The smallest absolute Gasteiger partial charge is 0.149 e. The number of furan rings is 1. The summed E-state index contributed by atoms with van der Waals surface area (Å²) < 4.78 is 9.35. The lowest BCUT2D eigenvalue weighted by Crippen LogP contribution is -1.93. The van der Waals surface area contributed by atoms with Gasteiger partial charge >= 0.3 is 0 Å². The minimum atomic E-state index is 0.884. The lowest BCUT2D eigenvalue weighted by Gasteiger charge is -2.08. The molecule has 0 radical (unpaired) electrons. The average molecular weight is 489 g/mol. The lowest BCUT2D eigenvalue weighted by atomic mass is 10.0. The first kappa shape index (κ1) is 18.7. The number of fused-ring (bicyclic) bond motifs is 6. The van der Waals surface area contributed by atoms with E-state index in [4.69, 9.17) is 9.40 Å². The molecule has 0 bridgehead atoms. The van der Waals surface area contributed by atoms with E-state index in [-0.39, 0.29) is 0 Å². The summed E-state index contributed by atoms with van der Waals surface area (Å²) in [7, 11) is 0. The fraction of sp³-hybridized carbons (Fsp3) is 0. The van der Waals surface area contributed by atoms with E-state index in [1.807, 2.05) is 30.5 Å². The van der Waals surface area contributed by atoms with Gasteiger partial charge in [-0.2, -0.15) is 0 Å². The molecule has 7 rings (SSSR count). The van der Waals surface area contributed by atoms with Gasteiger partial charge in [0.05, 0.1) is 21.0 Å². The zero-order valence-corrected chi connectivity index (χ0v) is 19.1. The van der Waals surface area contributed by atoms with Gasteiger partial charge in [0.25, 0.3) is 0 Å². The van der Waals surface area contributed by atoms with Gasteiger partial charge < -0.3 is 8.98 Å². The fourth-order valence-corrected chi connectivity index (χ4v) is 5.26. The molecule has 3 nitrogen and oxygen atoms in total. The molecule has 0 amide bonds. The molecule has 3 heterocycles. The molecule has 0 unspecified atom stereocenters. The predicted octanol–water partition coefficient (Wildman–Crippen LogP) is 8.51. The number of para-hydroxylation sites is 2. The molecule has 156 valence electrons.